The summed E-state index contributed by atoms with van der Waals surface area (Å²) in [5.41, 5.74) is 7.36. The van der Waals surface area contributed by atoms with Gasteiger partial charge in [0.25, 0.3) is 0 Å². The average molecular weight is 296 g/mol. The first-order chi connectivity index (χ1) is 9.59. The van der Waals surface area contributed by atoms with E-state index in [0.717, 1.165) is 36.8 Å². The van der Waals surface area contributed by atoms with E-state index < -0.39 is 10.0 Å². The molecule has 1 aliphatic carbocycles. The summed E-state index contributed by atoms with van der Waals surface area (Å²) in [7, 11) is -3.25. The molecule has 1 saturated carbocycles. The van der Waals surface area contributed by atoms with Crippen LogP contribution in [0.25, 0.3) is 0 Å². The molecule has 0 aromatic heterocycles. The van der Waals surface area contributed by atoms with Crippen LogP contribution in [0.2, 0.25) is 0 Å². The van der Waals surface area contributed by atoms with E-state index in [4.69, 9.17) is 5.73 Å². The highest BCUT2D eigenvalue weighted by molar-refractivity contribution is 7.88. The molecule has 112 valence electrons. The zero-order valence-electron chi connectivity index (χ0n) is 11.8. The van der Waals surface area contributed by atoms with Crippen LogP contribution >= 0.6 is 0 Å². The number of nitrogens with two attached hydrogens (primary N) is 1. The maximum atomic E-state index is 12.2. The minimum Gasteiger partial charge on any atom is -0.326 e. The van der Waals surface area contributed by atoms with Gasteiger partial charge in [0, 0.05) is 12.6 Å². The van der Waals surface area contributed by atoms with Crippen LogP contribution in [0.5, 0.6) is 0 Å². The van der Waals surface area contributed by atoms with Gasteiger partial charge in [-0.05, 0) is 24.0 Å². The van der Waals surface area contributed by atoms with Gasteiger partial charge in [-0.2, -0.15) is 0 Å². The van der Waals surface area contributed by atoms with Crippen LogP contribution < -0.4 is 10.5 Å². The molecular weight excluding hydrogens is 272 g/mol. The van der Waals surface area contributed by atoms with Crippen molar-refractivity contribution in [2.45, 2.75) is 56.9 Å². The maximum Gasteiger partial charge on any atom is 0.216 e. The van der Waals surface area contributed by atoms with Crippen molar-refractivity contribution < 1.29 is 8.42 Å². The summed E-state index contributed by atoms with van der Waals surface area (Å²) in [6.45, 7) is 0.480. The van der Waals surface area contributed by atoms with Gasteiger partial charge in [-0.3, -0.25) is 0 Å². The molecule has 20 heavy (non-hydrogen) atoms. The van der Waals surface area contributed by atoms with Crippen molar-refractivity contribution in [2.24, 2.45) is 5.73 Å². The lowest BCUT2D eigenvalue weighted by Gasteiger charge is -2.16. The molecule has 0 unspecified atom stereocenters. The van der Waals surface area contributed by atoms with Crippen molar-refractivity contribution in [3.63, 3.8) is 0 Å². The first-order valence-corrected chi connectivity index (χ1v) is 9.02. The molecule has 1 aromatic rings. The van der Waals surface area contributed by atoms with Gasteiger partial charge in [-0.1, -0.05) is 49.9 Å². The van der Waals surface area contributed by atoms with E-state index in [1.165, 1.54) is 12.8 Å². The van der Waals surface area contributed by atoms with Gasteiger partial charge < -0.3 is 5.73 Å². The molecule has 0 heterocycles. The van der Waals surface area contributed by atoms with Crippen LogP contribution in [-0.4, -0.2) is 14.5 Å². The van der Waals surface area contributed by atoms with Gasteiger partial charge in [0.2, 0.25) is 10.0 Å². The zero-order valence-corrected chi connectivity index (χ0v) is 12.7. The van der Waals surface area contributed by atoms with Crippen LogP contribution in [-0.2, 0) is 22.3 Å². The summed E-state index contributed by atoms with van der Waals surface area (Å²) >= 11 is 0. The van der Waals surface area contributed by atoms with E-state index >= 15 is 0 Å². The summed E-state index contributed by atoms with van der Waals surface area (Å²) in [6, 6.07) is 7.57. The molecule has 3 N–H and O–H groups in total. The van der Waals surface area contributed by atoms with Crippen molar-refractivity contribution >= 4 is 10.0 Å². The fourth-order valence-corrected chi connectivity index (χ4v) is 4.14. The van der Waals surface area contributed by atoms with Crippen LogP contribution in [0.3, 0.4) is 0 Å². The predicted octanol–water partition coefficient (Wildman–Crippen LogP) is 2.29. The van der Waals surface area contributed by atoms with E-state index in [9.17, 15) is 8.42 Å². The van der Waals surface area contributed by atoms with Gasteiger partial charge in [0.1, 0.15) is 0 Å². The Bertz CT molecular complexity index is 503. The molecule has 4 nitrogen and oxygen atoms in total. The monoisotopic (exact) mass is 296 g/mol. The second-order valence-corrected chi connectivity index (χ2v) is 7.34. The van der Waals surface area contributed by atoms with Crippen molar-refractivity contribution in [1.82, 2.24) is 4.72 Å². The molecule has 0 radical (unpaired) electrons. The van der Waals surface area contributed by atoms with E-state index in [0.29, 0.717) is 6.54 Å². The van der Waals surface area contributed by atoms with E-state index in [-0.39, 0.29) is 11.8 Å². The van der Waals surface area contributed by atoms with Gasteiger partial charge in [-0.25, -0.2) is 13.1 Å². The van der Waals surface area contributed by atoms with Crippen molar-refractivity contribution in [3.05, 3.63) is 35.4 Å². The molecule has 1 aromatic carbocycles. The van der Waals surface area contributed by atoms with Gasteiger partial charge in [-0.15, -0.1) is 0 Å². The van der Waals surface area contributed by atoms with Crippen LogP contribution in [0.15, 0.2) is 24.3 Å². The zero-order chi connectivity index (χ0) is 14.4. The molecule has 1 aliphatic rings. The Morgan fingerprint density at radius 2 is 1.55 bits per heavy atom. The Kier molecular flexibility index (Phi) is 5.57. The third-order valence-electron chi connectivity index (χ3n) is 3.82. The normalized spacial score (nSPS) is 17.9. The summed E-state index contributed by atoms with van der Waals surface area (Å²) < 4.78 is 27.3. The molecule has 0 aliphatic heterocycles. The molecule has 0 amide bonds. The molecule has 1 fully saturated rings. The number of hydrogen-bond acceptors (Lipinski definition) is 3. The van der Waals surface area contributed by atoms with Crippen LogP contribution in [0, 0.1) is 0 Å². The fraction of sp³-hybridized carbons (Fsp3) is 0.600. The number of benzene rings is 1. The maximum absolute atomic E-state index is 12.2. The first-order valence-electron chi connectivity index (χ1n) is 7.37. The molecule has 2 rings (SSSR count). The van der Waals surface area contributed by atoms with Gasteiger partial charge in [0.05, 0.1) is 5.75 Å². The standard InChI is InChI=1S/C15H24N2O2S/c16-11-13-7-9-14(10-8-13)12-20(18,19)17-15-5-3-1-2-4-6-15/h7-10,15,17H,1-6,11-12,16H2. The highest BCUT2D eigenvalue weighted by atomic mass is 32.2. The summed E-state index contributed by atoms with van der Waals surface area (Å²) in [6.07, 6.45) is 6.62. The molecule has 0 spiro atoms. The highest BCUT2D eigenvalue weighted by Gasteiger charge is 2.19. The number of sulfonamides is 1. The lowest BCUT2D eigenvalue weighted by atomic mass is 10.1. The Labute approximate surface area is 121 Å². The molecule has 5 heteroatoms. The topological polar surface area (TPSA) is 72.2 Å². The van der Waals surface area contributed by atoms with E-state index in [1.807, 2.05) is 24.3 Å². The minimum atomic E-state index is -3.25. The molecule has 0 saturated heterocycles. The summed E-state index contributed by atoms with van der Waals surface area (Å²) in [5, 5.41) is 0. The van der Waals surface area contributed by atoms with Crippen molar-refractivity contribution in [2.75, 3.05) is 0 Å². The second kappa shape index (κ2) is 7.20. The number of hydrogen-bond donors (Lipinski definition) is 2. The van der Waals surface area contributed by atoms with Crippen molar-refractivity contribution in [1.29, 1.82) is 0 Å². The quantitative estimate of drug-likeness (QED) is 0.819. The van der Waals surface area contributed by atoms with E-state index in [1.54, 1.807) is 0 Å². The summed E-state index contributed by atoms with van der Waals surface area (Å²) in [4.78, 5) is 0. The number of rotatable bonds is 5. The largest absolute Gasteiger partial charge is 0.326 e. The molecular formula is C15H24N2O2S. The Hall–Kier alpha value is -0.910. The average Bonchev–Trinajstić information content (AvgIpc) is 2.67. The third kappa shape index (κ3) is 4.89. The van der Waals surface area contributed by atoms with Crippen LogP contribution in [0.4, 0.5) is 0 Å². The van der Waals surface area contributed by atoms with Gasteiger partial charge in [0.15, 0.2) is 0 Å². The van der Waals surface area contributed by atoms with Crippen LogP contribution in [0.1, 0.15) is 49.7 Å². The SMILES string of the molecule is NCc1ccc(CS(=O)(=O)NC2CCCCCC2)cc1. The molecule has 0 atom stereocenters. The lowest BCUT2D eigenvalue weighted by Crippen LogP contribution is -2.35. The summed E-state index contributed by atoms with van der Waals surface area (Å²) in [5.74, 6) is 0.0500. The Morgan fingerprint density at radius 3 is 2.10 bits per heavy atom. The fourth-order valence-electron chi connectivity index (χ4n) is 2.68. The Morgan fingerprint density at radius 1 is 1.00 bits per heavy atom. The minimum absolute atomic E-state index is 0.0500. The van der Waals surface area contributed by atoms with E-state index in [2.05, 4.69) is 4.72 Å². The first kappa shape index (κ1) is 15.5. The highest BCUT2D eigenvalue weighted by Crippen LogP contribution is 2.18. The second-order valence-electron chi connectivity index (χ2n) is 5.59. The number of nitrogens with one attached hydrogen (secondary N) is 1. The van der Waals surface area contributed by atoms with Gasteiger partial charge >= 0.3 is 0 Å². The Balaban J connectivity index is 1.95. The predicted molar refractivity (Wildman–Crippen MR) is 81.6 cm³/mol. The smallest absolute Gasteiger partial charge is 0.216 e. The molecule has 0 bridgehead atoms. The lowest BCUT2D eigenvalue weighted by molar-refractivity contribution is 0.509. The van der Waals surface area contributed by atoms with Crippen molar-refractivity contribution in [3.8, 4) is 0 Å². The third-order valence-corrected chi connectivity index (χ3v) is 5.22.